The normalized spacial score (nSPS) is 18.1. The van der Waals surface area contributed by atoms with Gasteiger partial charge in [-0.3, -0.25) is 0 Å². The third-order valence-electron chi connectivity index (χ3n) is 3.46. The van der Waals surface area contributed by atoms with E-state index in [4.69, 9.17) is 4.98 Å². The third-order valence-corrected chi connectivity index (χ3v) is 3.96. The van der Waals surface area contributed by atoms with Gasteiger partial charge in [-0.2, -0.15) is 0 Å². The summed E-state index contributed by atoms with van der Waals surface area (Å²) in [5, 5.41) is 0. The summed E-state index contributed by atoms with van der Waals surface area (Å²) in [6.45, 7) is 0. The van der Waals surface area contributed by atoms with E-state index in [-0.39, 0.29) is 0 Å². The average Bonchev–Trinajstić information content (AvgIpc) is 2.73. The van der Waals surface area contributed by atoms with Crippen LogP contribution in [0.3, 0.4) is 0 Å². The number of fused-ring (bicyclic) bond motifs is 1. The van der Waals surface area contributed by atoms with Crippen LogP contribution >= 0.6 is 15.9 Å². The summed E-state index contributed by atoms with van der Waals surface area (Å²) in [4.78, 5) is 4.73. The molecule has 2 aromatic rings. The van der Waals surface area contributed by atoms with Gasteiger partial charge >= 0.3 is 0 Å². The van der Waals surface area contributed by atoms with E-state index in [1.165, 1.54) is 37.8 Å². The first-order valence-electron chi connectivity index (χ1n) is 5.97. The molecule has 0 saturated heterocycles. The summed E-state index contributed by atoms with van der Waals surface area (Å²) in [6, 6.07) is 4.13. The number of halogens is 1. The number of imidazole rings is 1. The Bertz CT molecular complexity index is 498. The number of hydrogen-bond acceptors (Lipinski definition) is 1. The number of hydrogen-bond donors (Lipinski definition) is 0. The average molecular weight is 279 g/mol. The Labute approximate surface area is 104 Å². The molecule has 3 heteroatoms. The van der Waals surface area contributed by atoms with Gasteiger partial charge in [0.05, 0.1) is 5.69 Å². The molecule has 2 nitrogen and oxygen atoms in total. The highest BCUT2D eigenvalue weighted by molar-refractivity contribution is 9.10. The Morgan fingerprint density at radius 1 is 1.25 bits per heavy atom. The predicted molar refractivity (Wildman–Crippen MR) is 68.7 cm³/mol. The molecule has 84 valence electrons. The molecule has 0 aliphatic heterocycles. The monoisotopic (exact) mass is 278 g/mol. The Kier molecular flexibility index (Phi) is 2.72. The van der Waals surface area contributed by atoms with E-state index in [9.17, 15) is 0 Å². The van der Waals surface area contributed by atoms with E-state index in [1.807, 2.05) is 0 Å². The zero-order valence-corrected chi connectivity index (χ0v) is 10.8. The van der Waals surface area contributed by atoms with Crippen LogP contribution in [-0.4, -0.2) is 9.38 Å². The van der Waals surface area contributed by atoms with Crippen LogP contribution in [0.25, 0.3) is 5.65 Å². The Balaban J connectivity index is 1.97. The quantitative estimate of drug-likeness (QED) is 0.766. The summed E-state index contributed by atoms with van der Waals surface area (Å²) in [5.74, 6) is 0.687. The first-order valence-corrected chi connectivity index (χ1v) is 6.76. The molecule has 0 spiro atoms. The highest BCUT2D eigenvalue weighted by Gasteiger charge is 2.18. The molecule has 1 aliphatic rings. The first kappa shape index (κ1) is 10.3. The molecule has 1 fully saturated rings. The Morgan fingerprint density at radius 3 is 2.88 bits per heavy atom. The zero-order valence-electron chi connectivity index (χ0n) is 9.19. The lowest BCUT2D eigenvalue weighted by Crippen LogP contribution is -2.04. The largest absolute Gasteiger partial charge is 0.307 e. The fourth-order valence-electron chi connectivity index (χ4n) is 2.57. The minimum atomic E-state index is 0.687. The fraction of sp³-hybridized carbons (Fsp3) is 0.462. The van der Waals surface area contributed by atoms with E-state index < -0.39 is 0 Å². The molecule has 0 bridgehead atoms. The minimum absolute atomic E-state index is 0.687. The molecule has 3 rings (SSSR count). The van der Waals surface area contributed by atoms with Crippen LogP contribution in [0.5, 0.6) is 0 Å². The molecular formula is C13H15BrN2. The Morgan fingerprint density at radius 2 is 2.06 bits per heavy atom. The SMILES string of the molecule is Brc1ccn2cc(C3CCCCC3)nc2c1. The predicted octanol–water partition coefficient (Wildman–Crippen LogP) is 4.14. The molecule has 0 unspecified atom stereocenters. The maximum atomic E-state index is 4.73. The summed E-state index contributed by atoms with van der Waals surface area (Å²) >= 11 is 3.48. The van der Waals surface area contributed by atoms with Gasteiger partial charge in [-0.1, -0.05) is 35.2 Å². The van der Waals surface area contributed by atoms with Crippen LogP contribution in [0.15, 0.2) is 29.0 Å². The van der Waals surface area contributed by atoms with Gasteiger partial charge in [0, 0.05) is 22.8 Å². The molecular weight excluding hydrogens is 264 g/mol. The van der Waals surface area contributed by atoms with Crippen LogP contribution in [0, 0.1) is 0 Å². The van der Waals surface area contributed by atoms with E-state index in [0.29, 0.717) is 5.92 Å². The van der Waals surface area contributed by atoms with E-state index in [0.717, 1.165) is 10.1 Å². The molecule has 2 heterocycles. The van der Waals surface area contributed by atoms with Gasteiger partial charge in [-0.05, 0) is 25.0 Å². The molecule has 0 atom stereocenters. The molecule has 0 radical (unpaired) electrons. The van der Waals surface area contributed by atoms with Crippen molar-refractivity contribution in [3.8, 4) is 0 Å². The third kappa shape index (κ3) is 1.88. The number of rotatable bonds is 1. The fourth-order valence-corrected chi connectivity index (χ4v) is 2.89. The zero-order chi connectivity index (χ0) is 11.0. The van der Waals surface area contributed by atoms with Crippen LogP contribution in [0.4, 0.5) is 0 Å². The second-order valence-corrected chi connectivity index (χ2v) is 5.53. The van der Waals surface area contributed by atoms with E-state index in [2.05, 4.69) is 44.9 Å². The Hall–Kier alpha value is -0.830. The van der Waals surface area contributed by atoms with Crippen molar-refractivity contribution >= 4 is 21.6 Å². The van der Waals surface area contributed by atoms with Gasteiger partial charge in [-0.15, -0.1) is 0 Å². The smallest absolute Gasteiger partial charge is 0.138 e. The molecule has 0 N–H and O–H groups in total. The maximum Gasteiger partial charge on any atom is 0.138 e. The lowest BCUT2D eigenvalue weighted by atomic mass is 9.87. The number of aromatic nitrogens is 2. The second-order valence-electron chi connectivity index (χ2n) is 4.61. The van der Waals surface area contributed by atoms with Gasteiger partial charge in [-0.25, -0.2) is 4.98 Å². The second kappa shape index (κ2) is 4.21. The van der Waals surface area contributed by atoms with E-state index >= 15 is 0 Å². The molecule has 1 saturated carbocycles. The van der Waals surface area contributed by atoms with Crippen molar-refractivity contribution < 1.29 is 0 Å². The van der Waals surface area contributed by atoms with Gasteiger partial charge in [0.15, 0.2) is 0 Å². The molecule has 0 amide bonds. The highest BCUT2D eigenvalue weighted by Crippen LogP contribution is 2.32. The van der Waals surface area contributed by atoms with Crippen molar-refractivity contribution in [2.24, 2.45) is 0 Å². The summed E-state index contributed by atoms with van der Waals surface area (Å²) < 4.78 is 3.22. The summed E-state index contributed by atoms with van der Waals surface area (Å²) in [7, 11) is 0. The van der Waals surface area contributed by atoms with Crippen molar-refractivity contribution in [2.45, 2.75) is 38.0 Å². The highest BCUT2D eigenvalue weighted by atomic mass is 79.9. The van der Waals surface area contributed by atoms with E-state index in [1.54, 1.807) is 0 Å². The number of nitrogens with zero attached hydrogens (tertiary/aromatic N) is 2. The lowest BCUT2D eigenvalue weighted by molar-refractivity contribution is 0.438. The van der Waals surface area contributed by atoms with Crippen molar-refractivity contribution in [1.29, 1.82) is 0 Å². The molecule has 0 aromatic carbocycles. The molecule has 2 aromatic heterocycles. The summed E-state index contributed by atoms with van der Waals surface area (Å²) in [5.41, 5.74) is 2.33. The molecule has 16 heavy (non-hydrogen) atoms. The van der Waals surface area contributed by atoms with Gasteiger partial charge in [0.25, 0.3) is 0 Å². The van der Waals surface area contributed by atoms with Crippen molar-refractivity contribution in [1.82, 2.24) is 9.38 Å². The summed E-state index contributed by atoms with van der Waals surface area (Å²) in [6.07, 6.45) is 11.0. The van der Waals surface area contributed by atoms with Crippen LogP contribution in [-0.2, 0) is 0 Å². The van der Waals surface area contributed by atoms with Crippen LogP contribution < -0.4 is 0 Å². The lowest BCUT2D eigenvalue weighted by Gasteiger charge is -2.19. The van der Waals surface area contributed by atoms with Crippen LogP contribution in [0.2, 0.25) is 0 Å². The van der Waals surface area contributed by atoms with Crippen molar-refractivity contribution in [3.63, 3.8) is 0 Å². The number of pyridine rings is 1. The minimum Gasteiger partial charge on any atom is -0.307 e. The topological polar surface area (TPSA) is 17.3 Å². The first-order chi connectivity index (χ1) is 7.83. The molecule has 1 aliphatic carbocycles. The van der Waals surface area contributed by atoms with Gasteiger partial charge < -0.3 is 4.40 Å². The maximum absolute atomic E-state index is 4.73. The van der Waals surface area contributed by atoms with Crippen molar-refractivity contribution in [2.75, 3.05) is 0 Å². The van der Waals surface area contributed by atoms with Crippen molar-refractivity contribution in [3.05, 3.63) is 34.7 Å². The van der Waals surface area contributed by atoms with Gasteiger partial charge in [0.2, 0.25) is 0 Å². The standard InChI is InChI=1S/C13H15BrN2/c14-11-6-7-16-9-12(15-13(16)8-11)10-4-2-1-3-5-10/h6-10H,1-5H2. The van der Waals surface area contributed by atoms with Crippen LogP contribution in [0.1, 0.15) is 43.7 Å². The van der Waals surface area contributed by atoms with Gasteiger partial charge in [0.1, 0.15) is 5.65 Å².